The van der Waals surface area contributed by atoms with Crippen molar-refractivity contribution in [1.82, 2.24) is 9.80 Å². The fraction of sp³-hybridized carbons (Fsp3) is 0.533. The van der Waals surface area contributed by atoms with Crippen LogP contribution in [0.5, 0.6) is 0 Å². The molecule has 1 aliphatic rings. The summed E-state index contributed by atoms with van der Waals surface area (Å²) < 4.78 is 26.9. The van der Waals surface area contributed by atoms with E-state index in [-0.39, 0.29) is 24.4 Å². The van der Waals surface area contributed by atoms with Crippen molar-refractivity contribution >= 4 is 5.91 Å². The molecule has 1 fully saturated rings. The molecule has 1 unspecified atom stereocenters. The third-order valence-corrected chi connectivity index (χ3v) is 3.95. The topological polar surface area (TPSA) is 49.6 Å². The van der Waals surface area contributed by atoms with Gasteiger partial charge in [0, 0.05) is 32.7 Å². The third-order valence-electron chi connectivity index (χ3n) is 3.95. The zero-order valence-corrected chi connectivity index (χ0v) is 12.2. The molecule has 1 amide bonds. The van der Waals surface area contributed by atoms with Crippen molar-refractivity contribution in [2.45, 2.75) is 6.42 Å². The molecule has 1 saturated heterocycles. The molecule has 0 bridgehead atoms. The predicted octanol–water partition coefficient (Wildman–Crippen LogP) is 0.856. The second kappa shape index (κ2) is 6.95. The molecular weight excluding hydrogens is 276 g/mol. The Morgan fingerprint density at radius 2 is 1.95 bits per heavy atom. The van der Waals surface area contributed by atoms with Crippen LogP contribution in [0.15, 0.2) is 18.2 Å². The molecule has 1 aromatic carbocycles. The lowest BCUT2D eigenvalue weighted by molar-refractivity contribution is -0.136. The maximum Gasteiger partial charge on any atom is 0.227 e. The van der Waals surface area contributed by atoms with Gasteiger partial charge >= 0.3 is 0 Å². The van der Waals surface area contributed by atoms with E-state index in [1.165, 1.54) is 12.1 Å². The average molecular weight is 297 g/mol. The molecule has 4 nitrogen and oxygen atoms in total. The molecule has 0 saturated carbocycles. The van der Waals surface area contributed by atoms with E-state index in [0.29, 0.717) is 13.1 Å². The predicted molar refractivity (Wildman–Crippen MR) is 76.7 cm³/mol. The lowest BCUT2D eigenvalue weighted by Crippen LogP contribution is -2.50. The first-order chi connectivity index (χ1) is 10.0. The van der Waals surface area contributed by atoms with Gasteiger partial charge in [0.25, 0.3) is 0 Å². The molecule has 1 heterocycles. The molecule has 0 aliphatic carbocycles. The number of piperazine rings is 1. The highest BCUT2D eigenvalue weighted by Crippen LogP contribution is 2.17. The van der Waals surface area contributed by atoms with E-state index in [9.17, 15) is 13.6 Å². The van der Waals surface area contributed by atoms with Crippen LogP contribution >= 0.6 is 0 Å². The maximum absolute atomic E-state index is 13.7. The first kappa shape index (κ1) is 15.9. The summed E-state index contributed by atoms with van der Waals surface area (Å²) in [6.07, 6.45) is 0.130. The molecule has 0 spiro atoms. The molecule has 0 radical (unpaired) electrons. The van der Waals surface area contributed by atoms with Crippen molar-refractivity contribution < 1.29 is 13.6 Å². The van der Waals surface area contributed by atoms with Gasteiger partial charge in [-0.1, -0.05) is 12.1 Å². The lowest BCUT2D eigenvalue weighted by Gasteiger charge is -2.34. The molecule has 6 heteroatoms. The molecule has 1 aromatic rings. The number of nitrogens with zero attached hydrogens (tertiary/aromatic N) is 2. The van der Waals surface area contributed by atoms with E-state index in [0.717, 1.165) is 19.2 Å². The number of nitrogens with two attached hydrogens (primary N) is 1. The largest absolute Gasteiger partial charge is 0.340 e. The Morgan fingerprint density at radius 1 is 1.29 bits per heavy atom. The molecule has 0 aromatic heterocycles. The van der Waals surface area contributed by atoms with Gasteiger partial charge in [0.15, 0.2) is 11.6 Å². The Labute approximate surface area is 123 Å². The van der Waals surface area contributed by atoms with Crippen LogP contribution in [-0.4, -0.2) is 55.5 Å². The molecule has 2 rings (SSSR count). The van der Waals surface area contributed by atoms with Crippen LogP contribution in [-0.2, 0) is 11.2 Å². The highest BCUT2D eigenvalue weighted by Gasteiger charge is 2.27. The van der Waals surface area contributed by atoms with Crippen molar-refractivity contribution in [3.05, 3.63) is 35.4 Å². The highest BCUT2D eigenvalue weighted by atomic mass is 19.2. The number of amides is 1. The standard InChI is InChI=1S/C15H21F2N3O/c1-19-5-7-20(8-6-19)15(21)12(10-18)9-11-3-2-4-13(16)14(11)17/h2-4,12H,5-10,18H2,1H3. The van der Waals surface area contributed by atoms with Crippen LogP contribution in [0, 0.1) is 17.6 Å². The van der Waals surface area contributed by atoms with Crippen molar-refractivity contribution in [2.24, 2.45) is 11.7 Å². The number of carbonyl (C=O) groups excluding carboxylic acids is 1. The van der Waals surface area contributed by atoms with Crippen LogP contribution in [0.3, 0.4) is 0 Å². The quantitative estimate of drug-likeness (QED) is 0.896. The van der Waals surface area contributed by atoms with Crippen LogP contribution in [0.2, 0.25) is 0 Å². The fourth-order valence-corrected chi connectivity index (χ4v) is 2.53. The van der Waals surface area contributed by atoms with Gasteiger partial charge in [0.1, 0.15) is 0 Å². The number of benzene rings is 1. The van der Waals surface area contributed by atoms with Gasteiger partial charge in [-0.05, 0) is 25.1 Å². The lowest BCUT2D eigenvalue weighted by atomic mass is 9.97. The minimum absolute atomic E-state index is 0.0748. The summed E-state index contributed by atoms with van der Waals surface area (Å²) in [5, 5.41) is 0. The Hall–Kier alpha value is -1.53. The zero-order chi connectivity index (χ0) is 15.4. The summed E-state index contributed by atoms with van der Waals surface area (Å²) in [6, 6.07) is 4.01. The van der Waals surface area contributed by atoms with Crippen LogP contribution in [0.25, 0.3) is 0 Å². The normalized spacial score (nSPS) is 17.8. The fourth-order valence-electron chi connectivity index (χ4n) is 2.53. The molecule has 116 valence electrons. The third kappa shape index (κ3) is 3.77. The summed E-state index contributed by atoms with van der Waals surface area (Å²) in [4.78, 5) is 16.4. The van der Waals surface area contributed by atoms with Crippen molar-refractivity contribution in [1.29, 1.82) is 0 Å². The van der Waals surface area contributed by atoms with Gasteiger partial charge in [-0.3, -0.25) is 4.79 Å². The van der Waals surface area contributed by atoms with E-state index in [1.54, 1.807) is 4.90 Å². The van der Waals surface area contributed by atoms with E-state index < -0.39 is 17.6 Å². The minimum atomic E-state index is -0.893. The summed E-state index contributed by atoms with van der Waals surface area (Å²) >= 11 is 0. The smallest absolute Gasteiger partial charge is 0.227 e. The van der Waals surface area contributed by atoms with Gasteiger partial charge in [0.05, 0.1) is 5.92 Å². The summed E-state index contributed by atoms with van der Waals surface area (Å²) in [5.74, 6) is -2.36. The monoisotopic (exact) mass is 297 g/mol. The summed E-state index contributed by atoms with van der Waals surface area (Å²) in [7, 11) is 2.00. The van der Waals surface area contributed by atoms with Gasteiger partial charge in [0.2, 0.25) is 5.91 Å². The number of likely N-dealkylation sites (N-methyl/N-ethyl adjacent to an activating group) is 1. The summed E-state index contributed by atoms with van der Waals surface area (Å²) in [5.41, 5.74) is 5.87. The SMILES string of the molecule is CN1CCN(C(=O)C(CN)Cc2cccc(F)c2F)CC1. The average Bonchev–Trinajstić information content (AvgIpc) is 2.49. The number of hydrogen-bond acceptors (Lipinski definition) is 3. The van der Waals surface area contributed by atoms with Crippen molar-refractivity contribution in [2.75, 3.05) is 39.8 Å². The molecule has 21 heavy (non-hydrogen) atoms. The van der Waals surface area contributed by atoms with Crippen LogP contribution < -0.4 is 5.73 Å². The number of rotatable bonds is 4. The summed E-state index contributed by atoms with van der Waals surface area (Å²) in [6.45, 7) is 3.06. The maximum atomic E-state index is 13.7. The van der Waals surface area contributed by atoms with E-state index in [4.69, 9.17) is 5.73 Å². The van der Waals surface area contributed by atoms with E-state index in [2.05, 4.69) is 4.90 Å². The van der Waals surface area contributed by atoms with Crippen LogP contribution in [0.1, 0.15) is 5.56 Å². The second-order valence-corrected chi connectivity index (χ2v) is 5.48. The van der Waals surface area contributed by atoms with Gasteiger partial charge in [-0.25, -0.2) is 8.78 Å². The van der Waals surface area contributed by atoms with Gasteiger partial charge in [-0.15, -0.1) is 0 Å². The van der Waals surface area contributed by atoms with Gasteiger partial charge < -0.3 is 15.5 Å². The van der Waals surface area contributed by atoms with Crippen molar-refractivity contribution in [3.8, 4) is 0 Å². The van der Waals surface area contributed by atoms with Gasteiger partial charge in [-0.2, -0.15) is 0 Å². The molecule has 1 atom stereocenters. The Morgan fingerprint density at radius 3 is 2.57 bits per heavy atom. The number of carbonyl (C=O) groups is 1. The zero-order valence-electron chi connectivity index (χ0n) is 12.2. The Balaban J connectivity index is 2.05. The first-order valence-electron chi connectivity index (χ1n) is 7.13. The Bertz CT molecular complexity index is 502. The molecular formula is C15H21F2N3O. The molecule has 1 aliphatic heterocycles. The number of halogens is 2. The van der Waals surface area contributed by atoms with E-state index in [1.807, 2.05) is 7.05 Å². The second-order valence-electron chi connectivity index (χ2n) is 5.48. The Kier molecular flexibility index (Phi) is 5.25. The van der Waals surface area contributed by atoms with Crippen molar-refractivity contribution in [3.63, 3.8) is 0 Å². The number of hydrogen-bond donors (Lipinski definition) is 1. The van der Waals surface area contributed by atoms with Crippen LogP contribution in [0.4, 0.5) is 8.78 Å². The van der Waals surface area contributed by atoms with E-state index >= 15 is 0 Å². The highest BCUT2D eigenvalue weighted by molar-refractivity contribution is 5.79. The minimum Gasteiger partial charge on any atom is -0.340 e. The molecule has 2 N–H and O–H groups in total. The first-order valence-corrected chi connectivity index (χ1v) is 7.13.